The molecular weight excluding hydrogens is 243 g/mol. The van der Waals surface area contributed by atoms with Crippen molar-refractivity contribution >= 4 is 0 Å². The van der Waals surface area contributed by atoms with E-state index in [0.717, 1.165) is 18.7 Å². The number of hydrogen-bond acceptors (Lipinski definition) is 3. The fourth-order valence-corrected chi connectivity index (χ4v) is 2.31. The summed E-state index contributed by atoms with van der Waals surface area (Å²) in [7, 11) is 2.15. The van der Waals surface area contributed by atoms with Crippen LogP contribution in [0.5, 0.6) is 5.75 Å². The van der Waals surface area contributed by atoms with Crippen LogP contribution in [-0.4, -0.2) is 35.7 Å². The lowest BCUT2D eigenvalue weighted by atomic mass is 10.1. The second-order valence-electron chi connectivity index (χ2n) is 5.58. The fraction of sp³-hybridized carbons (Fsp3) is 0.600. The first kappa shape index (κ1) is 14.3. The van der Waals surface area contributed by atoms with Crippen LogP contribution in [0, 0.1) is 5.82 Å². The second-order valence-corrected chi connectivity index (χ2v) is 5.58. The zero-order valence-corrected chi connectivity index (χ0v) is 11.9. The minimum absolute atomic E-state index is 0.0321. The predicted octanol–water partition coefficient (Wildman–Crippen LogP) is 2.66. The Morgan fingerprint density at radius 3 is 2.68 bits per heavy atom. The highest BCUT2D eigenvalue weighted by atomic mass is 19.1. The van der Waals surface area contributed by atoms with Crippen molar-refractivity contribution in [3.63, 3.8) is 0 Å². The summed E-state index contributed by atoms with van der Waals surface area (Å²) in [5.41, 5.74) is 0.596. The number of hydrogen-bond donors (Lipinski definition) is 2. The molecule has 0 amide bonds. The normalized spacial score (nSPS) is 18.6. The van der Waals surface area contributed by atoms with Gasteiger partial charge in [0.05, 0.1) is 0 Å². The Labute approximate surface area is 114 Å². The van der Waals surface area contributed by atoms with E-state index in [9.17, 15) is 9.50 Å². The largest absolute Gasteiger partial charge is 0.508 e. The number of halogens is 1. The van der Waals surface area contributed by atoms with Gasteiger partial charge in [-0.2, -0.15) is 0 Å². The molecule has 3 nitrogen and oxygen atoms in total. The van der Waals surface area contributed by atoms with Crippen LogP contribution in [-0.2, 0) is 0 Å². The molecule has 0 aliphatic heterocycles. The number of rotatable bonds is 6. The molecule has 0 bridgehead atoms. The smallest absolute Gasteiger partial charge is 0.131 e. The van der Waals surface area contributed by atoms with Gasteiger partial charge >= 0.3 is 0 Å². The highest BCUT2D eigenvalue weighted by Crippen LogP contribution is 2.27. The Bertz CT molecular complexity index is 434. The van der Waals surface area contributed by atoms with Crippen molar-refractivity contribution in [2.24, 2.45) is 0 Å². The molecule has 2 unspecified atom stereocenters. The number of nitrogens with zero attached hydrogens (tertiary/aromatic N) is 1. The average molecular weight is 266 g/mol. The van der Waals surface area contributed by atoms with E-state index < -0.39 is 0 Å². The second kappa shape index (κ2) is 5.88. The van der Waals surface area contributed by atoms with Crippen LogP contribution < -0.4 is 5.32 Å². The maximum Gasteiger partial charge on any atom is 0.131 e. The van der Waals surface area contributed by atoms with Gasteiger partial charge < -0.3 is 10.4 Å². The number of phenols is 1. The van der Waals surface area contributed by atoms with Gasteiger partial charge in [-0.15, -0.1) is 0 Å². The van der Waals surface area contributed by atoms with E-state index in [1.54, 1.807) is 6.07 Å². The van der Waals surface area contributed by atoms with Gasteiger partial charge in [0.2, 0.25) is 0 Å². The van der Waals surface area contributed by atoms with Crippen LogP contribution in [0.25, 0.3) is 0 Å². The Hall–Kier alpha value is -1.13. The Balaban J connectivity index is 1.87. The summed E-state index contributed by atoms with van der Waals surface area (Å²) in [5.74, 6) is -0.390. The SMILES string of the molecule is CC(NCC(C)N(C)C1CC1)c1ccc(O)cc1F. The monoisotopic (exact) mass is 266 g/mol. The minimum atomic E-state index is -0.358. The summed E-state index contributed by atoms with van der Waals surface area (Å²) in [6, 6.07) is 5.43. The molecule has 0 saturated heterocycles. The molecule has 1 aliphatic rings. The summed E-state index contributed by atoms with van der Waals surface area (Å²) in [6.45, 7) is 4.96. The standard InChI is InChI=1S/C15H23FN2O/c1-10(18(3)12-4-5-12)9-17-11(2)14-7-6-13(19)8-15(14)16/h6-8,10-12,17,19H,4-5,9H2,1-3H3. The zero-order chi connectivity index (χ0) is 14.0. The summed E-state index contributed by atoms with van der Waals surface area (Å²) >= 11 is 0. The first-order valence-corrected chi connectivity index (χ1v) is 6.92. The molecule has 2 N–H and O–H groups in total. The van der Waals surface area contributed by atoms with E-state index in [4.69, 9.17) is 0 Å². The average Bonchev–Trinajstić information content (AvgIpc) is 3.18. The molecule has 19 heavy (non-hydrogen) atoms. The Kier molecular flexibility index (Phi) is 4.42. The molecule has 0 heterocycles. The number of likely N-dealkylation sites (N-methyl/N-ethyl adjacent to an activating group) is 1. The summed E-state index contributed by atoms with van der Waals surface area (Å²) < 4.78 is 13.7. The lowest BCUT2D eigenvalue weighted by Crippen LogP contribution is -2.40. The molecule has 1 aromatic carbocycles. The van der Waals surface area contributed by atoms with Crippen molar-refractivity contribution < 1.29 is 9.50 Å². The van der Waals surface area contributed by atoms with Crippen molar-refractivity contribution in [1.82, 2.24) is 10.2 Å². The van der Waals surface area contributed by atoms with Crippen LogP contribution in [0.2, 0.25) is 0 Å². The first-order valence-electron chi connectivity index (χ1n) is 6.92. The topological polar surface area (TPSA) is 35.5 Å². The maximum absolute atomic E-state index is 13.7. The van der Waals surface area contributed by atoms with Gasteiger partial charge in [-0.1, -0.05) is 6.07 Å². The van der Waals surface area contributed by atoms with Crippen molar-refractivity contribution in [2.75, 3.05) is 13.6 Å². The van der Waals surface area contributed by atoms with E-state index in [2.05, 4.69) is 24.2 Å². The van der Waals surface area contributed by atoms with Crippen molar-refractivity contribution in [3.8, 4) is 5.75 Å². The van der Waals surface area contributed by atoms with E-state index in [1.165, 1.54) is 18.9 Å². The van der Waals surface area contributed by atoms with Crippen LogP contribution in [0.1, 0.15) is 38.3 Å². The number of phenolic OH excluding ortho intramolecular Hbond substituents is 1. The van der Waals surface area contributed by atoms with E-state index in [1.807, 2.05) is 6.92 Å². The highest BCUT2D eigenvalue weighted by molar-refractivity contribution is 5.29. The minimum Gasteiger partial charge on any atom is -0.508 e. The van der Waals surface area contributed by atoms with Crippen molar-refractivity contribution in [1.29, 1.82) is 0 Å². The third-order valence-electron chi connectivity index (χ3n) is 3.99. The Morgan fingerprint density at radius 1 is 1.42 bits per heavy atom. The summed E-state index contributed by atoms with van der Waals surface area (Å²) in [4.78, 5) is 2.38. The summed E-state index contributed by atoms with van der Waals surface area (Å²) in [6.07, 6.45) is 2.59. The van der Waals surface area contributed by atoms with E-state index in [-0.39, 0.29) is 17.6 Å². The maximum atomic E-state index is 13.7. The van der Waals surface area contributed by atoms with Gasteiger partial charge in [-0.3, -0.25) is 4.90 Å². The molecular formula is C15H23FN2O. The van der Waals surface area contributed by atoms with E-state index in [0.29, 0.717) is 11.6 Å². The van der Waals surface area contributed by atoms with Crippen molar-refractivity contribution in [2.45, 2.75) is 44.8 Å². The van der Waals surface area contributed by atoms with Crippen molar-refractivity contribution in [3.05, 3.63) is 29.6 Å². The number of aromatic hydroxyl groups is 1. The molecule has 106 valence electrons. The van der Waals surface area contributed by atoms with Gasteiger partial charge in [0, 0.05) is 36.3 Å². The van der Waals surface area contributed by atoms with Crippen LogP contribution in [0.3, 0.4) is 0 Å². The third-order valence-corrected chi connectivity index (χ3v) is 3.99. The molecule has 2 rings (SSSR count). The fourth-order valence-electron chi connectivity index (χ4n) is 2.31. The number of nitrogens with one attached hydrogen (secondary N) is 1. The quantitative estimate of drug-likeness (QED) is 0.831. The van der Waals surface area contributed by atoms with Gasteiger partial charge in [-0.25, -0.2) is 4.39 Å². The Morgan fingerprint density at radius 2 is 2.11 bits per heavy atom. The molecule has 0 spiro atoms. The molecule has 1 fully saturated rings. The van der Waals surface area contributed by atoms with Crippen LogP contribution in [0.15, 0.2) is 18.2 Å². The lowest BCUT2D eigenvalue weighted by Gasteiger charge is -2.26. The van der Waals surface area contributed by atoms with Crippen LogP contribution >= 0.6 is 0 Å². The van der Waals surface area contributed by atoms with Gasteiger partial charge in [0.15, 0.2) is 0 Å². The van der Waals surface area contributed by atoms with Gasteiger partial charge in [0.1, 0.15) is 11.6 Å². The number of benzene rings is 1. The molecule has 0 aromatic heterocycles. The molecule has 1 saturated carbocycles. The molecule has 1 aromatic rings. The van der Waals surface area contributed by atoms with E-state index >= 15 is 0 Å². The van der Waals surface area contributed by atoms with Gasteiger partial charge in [0.25, 0.3) is 0 Å². The first-order chi connectivity index (χ1) is 8.99. The third kappa shape index (κ3) is 3.67. The molecule has 4 heteroatoms. The highest BCUT2D eigenvalue weighted by Gasteiger charge is 2.29. The molecule has 0 radical (unpaired) electrons. The molecule has 1 aliphatic carbocycles. The lowest BCUT2D eigenvalue weighted by molar-refractivity contribution is 0.236. The predicted molar refractivity (Wildman–Crippen MR) is 74.7 cm³/mol. The zero-order valence-electron chi connectivity index (χ0n) is 11.9. The van der Waals surface area contributed by atoms with Gasteiger partial charge in [-0.05, 0) is 39.8 Å². The molecule has 2 atom stereocenters. The van der Waals surface area contributed by atoms with Crippen LogP contribution in [0.4, 0.5) is 4.39 Å². The summed E-state index contributed by atoms with van der Waals surface area (Å²) in [5, 5.41) is 12.6.